The zero-order chi connectivity index (χ0) is 29.2. The van der Waals surface area contributed by atoms with E-state index < -0.39 is 23.8 Å². The van der Waals surface area contributed by atoms with Gasteiger partial charge in [0, 0.05) is 24.9 Å². The first-order valence-electron chi connectivity index (χ1n) is 15.5. The molecule has 3 amide bonds. The summed E-state index contributed by atoms with van der Waals surface area (Å²) in [6.45, 7) is 3.22. The number of carbonyl (C=O) groups is 3. The number of benzene rings is 2. The van der Waals surface area contributed by atoms with E-state index in [1.54, 1.807) is 7.11 Å². The fraction of sp³-hybridized carbons (Fsp3) is 0.559. The topological polar surface area (TPSA) is 102 Å². The highest BCUT2D eigenvalue weighted by atomic mass is 16.5. The molecule has 0 radical (unpaired) electrons. The number of likely N-dealkylation sites (tertiary alicyclic amines) is 1. The van der Waals surface area contributed by atoms with E-state index >= 15 is 0 Å². The van der Waals surface area contributed by atoms with E-state index in [9.17, 15) is 14.4 Å². The third-order valence-corrected chi connectivity index (χ3v) is 8.94. The van der Waals surface area contributed by atoms with Gasteiger partial charge in [0.25, 0.3) is 0 Å². The smallest absolute Gasteiger partial charge is 0.245 e. The fourth-order valence-corrected chi connectivity index (χ4v) is 6.55. The van der Waals surface area contributed by atoms with Gasteiger partial charge in [-0.15, -0.1) is 0 Å². The second-order valence-corrected chi connectivity index (χ2v) is 11.9. The minimum atomic E-state index is -0.583. The summed E-state index contributed by atoms with van der Waals surface area (Å²) in [6, 6.07) is 15.6. The molecule has 3 N–H and O–H groups in total. The van der Waals surface area contributed by atoms with Gasteiger partial charge in [0.05, 0.1) is 7.11 Å². The molecule has 3 atom stereocenters. The highest BCUT2D eigenvalue weighted by Crippen LogP contribution is 2.35. The van der Waals surface area contributed by atoms with Gasteiger partial charge < -0.3 is 20.7 Å². The molecule has 41 heavy (non-hydrogen) atoms. The summed E-state index contributed by atoms with van der Waals surface area (Å²) in [5.41, 5.74) is 9.06. The van der Waals surface area contributed by atoms with Gasteiger partial charge in [0.1, 0.15) is 11.8 Å². The number of nitrogens with zero attached hydrogens (tertiary/aromatic N) is 1. The van der Waals surface area contributed by atoms with Crippen molar-refractivity contribution in [3.05, 3.63) is 54.1 Å². The first kappa shape index (κ1) is 30.6. The van der Waals surface area contributed by atoms with Gasteiger partial charge in [0.2, 0.25) is 17.7 Å². The standard InChI is InChI=1S/C34H47N3O4/c1-3-4-14-29(32(35)38)30(22-24-10-5-6-11-24)33(39)36-31-15-7-8-20-37(34(31)40)23-25-12-9-13-27(21-25)26-16-18-28(41-2)19-17-26/h9,12-13,16-19,21,24,29-31H,3-8,10-11,14-15,20,22-23H2,1-2H3,(H2,35,38)(H,36,39)/t29-,30+,31-/m0/s1. The van der Waals surface area contributed by atoms with Gasteiger partial charge in [-0.1, -0.05) is 75.8 Å². The monoisotopic (exact) mass is 561 g/mol. The second kappa shape index (κ2) is 15.0. The Labute approximate surface area is 245 Å². The Balaban J connectivity index is 1.47. The molecule has 1 aliphatic heterocycles. The Bertz CT molecular complexity index is 1160. The molecule has 0 bridgehead atoms. The lowest BCUT2D eigenvalue weighted by molar-refractivity contribution is -0.139. The Hall–Kier alpha value is -3.35. The minimum Gasteiger partial charge on any atom is -0.497 e. The number of amides is 3. The molecule has 222 valence electrons. The molecule has 2 aromatic rings. The van der Waals surface area contributed by atoms with Crippen molar-refractivity contribution >= 4 is 17.7 Å². The SMILES string of the molecule is CCCC[C@H](C(N)=O)[C@@H](CC1CCCC1)C(=O)N[C@H]1CCCCN(Cc2cccc(-c3ccc(OC)cc3)c2)C1=O. The van der Waals surface area contributed by atoms with Crippen molar-refractivity contribution in [3.8, 4) is 16.9 Å². The molecule has 0 spiro atoms. The number of rotatable bonds is 13. The van der Waals surface area contributed by atoms with Gasteiger partial charge in [-0.2, -0.15) is 0 Å². The van der Waals surface area contributed by atoms with E-state index in [0.29, 0.717) is 38.3 Å². The number of hydrogen-bond donors (Lipinski definition) is 2. The predicted molar refractivity (Wildman–Crippen MR) is 162 cm³/mol. The van der Waals surface area contributed by atoms with Crippen molar-refractivity contribution in [2.75, 3.05) is 13.7 Å². The third kappa shape index (κ3) is 8.34. The number of primary amides is 1. The summed E-state index contributed by atoms with van der Waals surface area (Å²) >= 11 is 0. The quantitative estimate of drug-likeness (QED) is 0.320. The van der Waals surface area contributed by atoms with Crippen LogP contribution >= 0.6 is 0 Å². The zero-order valence-electron chi connectivity index (χ0n) is 24.8. The average molecular weight is 562 g/mol. The number of hydrogen-bond acceptors (Lipinski definition) is 4. The molecule has 4 rings (SSSR count). The molecule has 1 saturated carbocycles. The molecule has 0 unspecified atom stereocenters. The van der Waals surface area contributed by atoms with Crippen LogP contribution in [0.2, 0.25) is 0 Å². The Kier molecular flexibility index (Phi) is 11.2. The van der Waals surface area contributed by atoms with Crippen LogP contribution < -0.4 is 15.8 Å². The highest BCUT2D eigenvalue weighted by Gasteiger charge is 2.37. The normalized spacial score (nSPS) is 19.4. The maximum Gasteiger partial charge on any atom is 0.245 e. The number of nitrogens with one attached hydrogen (secondary N) is 1. The van der Waals surface area contributed by atoms with Crippen LogP contribution in [0.25, 0.3) is 11.1 Å². The number of unbranched alkanes of at least 4 members (excludes halogenated alkanes) is 1. The maximum absolute atomic E-state index is 13.8. The van der Waals surface area contributed by atoms with E-state index in [2.05, 4.69) is 24.4 Å². The van der Waals surface area contributed by atoms with Crippen molar-refractivity contribution < 1.29 is 19.1 Å². The van der Waals surface area contributed by atoms with Crippen molar-refractivity contribution in [2.24, 2.45) is 23.5 Å². The van der Waals surface area contributed by atoms with Gasteiger partial charge in [-0.25, -0.2) is 0 Å². The van der Waals surface area contributed by atoms with Crippen LogP contribution in [0.3, 0.4) is 0 Å². The molecule has 1 saturated heterocycles. The molecule has 2 aromatic carbocycles. The molecule has 1 heterocycles. The van der Waals surface area contributed by atoms with Crippen LogP contribution in [-0.4, -0.2) is 42.3 Å². The molecule has 2 aliphatic rings. The zero-order valence-corrected chi connectivity index (χ0v) is 24.8. The van der Waals surface area contributed by atoms with E-state index in [4.69, 9.17) is 10.5 Å². The summed E-state index contributed by atoms with van der Waals surface area (Å²) in [4.78, 5) is 41.9. The maximum atomic E-state index is 13.8. The Morgan fingerprint density at radius 1 is 1.00 bits per heavy atom. The second-order valence-electron chi connectivity index (χ2n) is 11.9. The predicted octanol–water partition coefficient (Wildman–Crippen LogP) is 5.85. The summed E-state index contributed by atoms with van der Waals surface area (Å²) in [6.07, 6.45) is 9.98. The lowest BCUT2D eigenvalue weighted by Gasteiger charge is -2.30. The van der Waals surface area contributed by atoms with Crippen LogP contribution in [0, 0.1) is 17.8 Å². The first-order chi connectivity index (χ1) is 19.9. The fourth-order valence-electron chi connectivity index (χ4n) is 6.55. The van der Waals surface area contributed by atoms with Gasteiger partial charge in [0.15, 0.2) is 0 Å². The van der Waals surface area contributed by atoms with Crippen molar-refractivity contribution in [2.45, 2.75) is 90.1 Å². The molecule has 2 fully saturated rings. The van der Waals surface area contributed by atoms with Crippen LogP contribution in [-0.2, 0) is 20.9 Å². The molecule has 7 nitrogen and oxygen atoms in total. The summed E-state index contributed by atoms with van der Waals surface area (Å²) in [7, 11) is 1.65. The van der Waals surface area contributed by atoms with Crippen LogP contribution in [0.15, 0.2) is 48.5 Å². The summed E-state index contributed by atoms with van der Waals surface area (Å²) < 4.78 is 5.28. The average Bonchev–Trinajstić information content (AvgIpc) is 3.44. The van der Waals surface area contributed by atoms with E-state index in [1.807, 2.05) is 41.3 Å². The van der Waals surface area contributed by atoms with E-state index in [0.717, 1.165) is 61.0 Å². The van der Waals surface area contributed by atoms with Crippen molar-refractivity contribution in [1.29, 1.82) is 0 Å². The molecule has 0 aromatic heterocycles. The van der Waals surface area contributed by atoms with Gasteiger partial charge >= 0.3 is 0 Å². The lowest BCUT2D eigenvalue weighted by atomic mass is 9.80. The van der Waals surface area contributed by atoms with Crippen LogP contribution in [0.1, 0.15) is 83.1 Å². The van der Waals surface area contributed by atoms with Crippen LogP contribution in [0.5, 0.6) is 5.75 Å². The summed E-state index contributed by atoms with van der Waals surface area (Å²) in [5.74, 6) is -0.351. The largest absolute Gasteiger partial charge is 0.497 e. The number of carbonyl (C=O) groups excluding carboxylic acids is 3. The van der Waals surface area contributed by atoms with Crippen LogP contribution in [0.4, 0.5) is 0 Å². The Morgan fingerprint density at radius 2 is 1.73 bits per heavy atom. The minimum absolute atomic E-state index is 0.0468. The molecular formula is C34H47N3O4. The number of ether oxygens (including phenoxy) is 1. The third-order valence-electron chi connectivity index (χ3n) is 8.94. The van der Waals surface area contributed by atoms with E-state index in [-0.39, 0.29) is 11.8 Å². The number of nitrogens with two attached hydrogens (primary N) is 1. The van der Waals surface area contributed by atoms with Crippen molar-refractivity contribution in [3.63, 3.8) is 0 Å². The molecular weight excluding hydrogens is 514 g/mol. The first-order valence-corrected chi connectivity index (χ1v) is 15.5. The van der Waals surface area contributed by atoms with Gasteiger partial charge in [-0.3, -0.25) is 14.4 Å². The Morgan fingerprint density at radius 3 is 2.41 bits per heavy atom. The van der Waals surface area contributed by atoms with E-state index in [1.165, 1.54) is 12.8 Å². The number of methoxy groups -OCH3 is 1. The van der Waals surface area contributed by atoms with Gasteiger partial charge in [-0.05, 0) is 72.9 Å². The summed E-state index contributed by atoms with van der Waals surface area (Å²) in [5, 5.41) is 3.11. The molecule has 7 heteroatoms. The lowest BCUT2D eigenvalue weighted by Crippen LogP contribution is -2.50. The highest BCUT2D eigenvalue weighted by molar-refractivity contribution is 5.91. The molecule has 1 aliphatic carbocycles. The van der Waals surface area contributed by atoms with Crippen molar-refractivity contribution in [1.82, 2.24) is 10.2 Å².